The molecule has 0 radical (unpaired) electrons. The van der Waals surface area contributed by atoms with E-state index in [9.17, 15) is 17.6 Å². The molecule has 24 heavy (non-hydrogen) atoms. The van der Waals surface area contributed by atoms with Gasteiger partial charge >= 0.3 is 0 Å². The van der Waals surface area contributed by atoms with Crippen LogP contribution < -0.4 is 4.90 Å². The largest absolute Gasteiger partial charge is 0.305 e. The van der Waals surface area contributed by atoms with E-state index >= 15 is 0 Å². The zero-order valence-electron chi connectivity index (χ0n) is 13.3. The quantitative estimate of drug-likeness (QED) is 0.858. The highest BCUT2D eigenvalue weighted by Gasteiger charge is 2.26. The summed E-state index contributed by atoms with van der Waals surface area (Å²) in [4.78, 5) is 14.2. The summed E-state index contributed by atoms with van der Waals surface area (Å²) in [7, 11) is -3.12. The van der Waals surface area contributed by atoms with Gasteiger partial charge in [-0.1, -0.05) is 24.3 Å². The van der Waals surface area contributed by atoms with Gasteiger partial charge in [-0.25, -0.2) is 12.8 Å². The van der Waals surface area contributed by atoms with E-state index < -0.39 is 15.7 Å². The lowest BCUT2D eigenvalue weighted by atomic mass is 10.00. The average molecular weight is 347 g/mol. The summed E-state index contributed by atoms with van der Waals surface area (Å²) in [5, 5.41) is 0. The van der Waals surface area contributed by atoms with Gasteiger partial charge in [-0.05, 0) is 42.2 Å². The molecule has 0 bridgehead atoms. The number of sulfone groups is 1. The molecule has 1 aliphatic heterocycles. The van der Waals surface area contributed by atoms with Crippen molar-refractivity contribution in [3.8, 4) is 0 Å². The van der Waals surface area contributed by atoms with E-state index in [-0.39, 0.29) is 11.7 Å². The Morgan fingerprint density at radius 1 is 1.17 bits per heavy atom. The smallest absolute Gasteiger partial charge is 0.258 e. The van der Waals surface area contributed by atoms with E-state index in [2.05, 4.69) is 0 Å². The number of aryl methyl sites for hydroxylation is 1. The molecule has 2 aromatic carbocycles. The standard InChI is InChI=1S/C18H18FNO3S/c1-24(22,23)12-13-7-9-15(10-8-13)18(21)20-11-3-5-14-4-2-6-16(19)17(14)20/h2,4,6-10H,3,5,11-12H2,1H3. The molecule has 1 amide bonds. The fourth-order valence-electron chi connectivity index (χ4n) is 3.01. The molecule has 4 nitrogen and oxygen atoms in total. The fourth-order valence-corrected chi connectivity index (χ4v) is 3.81. The second-order valence-corrected chi connectivity index (χ2v) is 8.22. The Balaban J connectivity index is 1.88. The molecule has 0 aromatic heterocycles. The van der Waals surface area contributed by atoms with Gasteiger partial charge in [0.05, 0.1) is 11.4 Å². The maximum atomic E-state index is 14.2. The minimum atomic E-state index is -3.12. The SMILES string of the molecule is CS(=O)(=O)Cc1ccc(C(=O)N2CCCc3cccc(F)c32)cc1. The fraction of sp³-hybridized carbons (Fsp3) is 0.278. The van der Waals surface area contributed by atoms with Crippen molar-refractivity contribution in [1.29, 1.82) is 0 Å². The first-order chi connectivity index (χ1) is 11.3. The lowest BCUT2D eigenvalue weighted by Crippen LogP contribution is -2.36. The van der Waals surface area contributed by atoms with Gasteiger partial charge in [-0.2, -0.15) is 0 Å². The van der Waals surface area contributed by atoms with Gasteiger partial charge in [-0.15, -0.1) is 0 Å². The Morgan fingerprint density at radius 2 is 1.88 bits per heavy atom. The van der Waals surface area contributed by atoms with Crippen LogP contribution in [0.25, 0.3) is 0 Å². The molecular weight excluding hydrogens is 329 g/mol. The van der Waals surface area contributed by atoms with E-state index in [4.69, 9.17) is 0 Å². The minimum Gasteiger partial charge on any atom is -0.305 e. The predicted molar refractivity (Wildman–Crippen MR) is 91.4 cm³/mol. The number of para-hydroxylation sites is 1. The molecule has 126 valence electrons. The molecule has 0 atom stereocenters. The van der Waals surface area contributed by atoms with Crippen LogP contribution in [0.1, 0.15) is 27.9 Å². The predicted octanol–water partition coefficient (Wildman–Crippen LogP) is 2.96. The lowest BCUT2D eigenvalue weighted by Gasteiger charge is -2.30. The van der Waals surface area contributed by atoms with Gasteiger partial charge in [-0.3, -0.25) is 4.79 Å². The van der Waals surface area contributed by atoms with Crippen molar-refractivity contribution in [3.05, 3.63) is 65.0 Å². The van der Waals surface area contributed by atoms with Crippen LogP contribution in [0.5, 0.6) is 0 Å². The number of carbonyl (C=O) groups excluding carboxylic acids is 1. The molecule has 6 heteroatoms. The summed E-state index contributed by atoms with van der Waals surface area (Å²) in [6.45, 7) is 0.470. The molecule has 0 saturated carbocycles. The molecule has 0 fully saturated rings. The summed E-state index contributed by atoms with van der Waals surface area (Å²) in [6.07, 6.45) is 2.71. The highest BCUT2D eigenvalue weighted by molar-refractivity contribution is 7.89. The molecular formula is C18H18FNO3S. The Labute approximate surface area is 140 Å². The topological polar surface area (TPSA) is 54.5 Å². The van der Waals surface area contributed by atoms with Crippen LogP contribution in [0, 0.1) is 5.82 Å². The van der Waals surface area contributed by atoms with E-state index in [1.54, 1.807) is 30.3 Å². The van der Waals surface area contributed by atoms with Crippen molar-refractivity contribution < 1.29 is 17.6 Å². The summed E-state index contributed by atoms with van der Waals surface area (Å²) in [5.41, 5.74) is 2.24. The van der Waals surface area contributed by atoms with Crippen molar-refractivity contribution in [2.75, 3.05) is 17.7 Å². The summed E-state index contributed by atoms with van der Waals surface area (Å²) >= 11 is 0. The van der Waals surface area contributed by atoms with Crippen molar-refractivity contribution in [2.24, 2.45) is 0 Å². The van der Waals surface area contributed by atoms with Crippen LogP contribution in [0.3, 0.4) is 0 Å². The van der Waals surface area contributed by atoms with Crippen LogP contribution in [0.4, 0.5) is 10.1 Å². The summed E-state index contributed by atoms with van der Waals surface area (Å²) in [5.74, 6) is -0.732. The number of benzene rings is 2. The van der Waals surface area contributed by atoms with E-state index in [0.717, 1.165) is 18.4 Å². The number of carbonyl (C=O) groups is 1. The van der Waals surface area contributed by atoms with Crippen LogP contribution in [-0.4, -0.2) is 27.1 Å². The molecule has 0 saturated heterocycles. The third-order valence-corrected chi connectivity index (χ3v) is 4.90. The first-order valence-corrected chi connectivity index (χ1v) is 9.77. The maximum absolute atomic E-state index is 14.2. The zero-order chi connectivity index (χ0) is 17.3. The molecule has 0 aliphatic carbocycles. The highest BCUT2D eigenvalue weighted by Crippen LogP contribution is 2.31. The number of rotatable bonds is 3. The number of fused-ring (bicyclic) bond motifs is 1. The second-order valence-electron chi connectivity index (χ2n) is 6.07. The number of hydrogen-bond acceptors (Lipinski definition) is 3. The first kappa shape index (κ1) is 16.6. The average Bonchev–Trinajstić information content (AvgIpc) is 2.53. The summed E-state index contributed by atoms with van der Waals surface area (Å²) in [6, 6.07) is 11.3. The molecule has 0 N–H and O–H groups in total. The van der Waals surface area contributed by atoms with Gasteiger partial charge in [0.25, 0.3) is 5.91 Å². The van der Waals surface area contributed by atoms with Crippen LogP contribution in [0.15, 0.2) is 42.5 Å². The van der Waals surface area contributed by atoms with Gasteiger partial charge in [0, 0.05) is 18.4 Å². The van der Waals surface area contributed by atoms with Gasteiger partial charge in [0.15, 0.2) is 9.84 Å². The monoisotopic (exact) mass is 347 g/mol. The van der Waals surface area contributed by atoms with E-state index in [1.807, 2.05) is 6.07 Å². The Kier molecular flexibility index (Phi) is 4.41. The molecule has 3 rings (SSSR count). The van der Waals surface area contributed by atoms with Crippen molar-refractivity contribution in [2.45, 2.75) is 18.6 Å². The number of amides is 1. The van der Waals surface area contributed by atoms with E-state index in [1.165, 1.54) is 17.2 Å². The third kappa shape index (κ3) is 3.48. The lowest BCUT2D eigenvalue weighted by molar-refractivity contribution is 0.0984. The number of hydrogen-bond donors (Lipinski definition) is 0. The van der Waals surface area contributed by atoms with Gasteiger partial charge in [0.1, 0.15) is 5.82 Å². The number of halogens is 1. The van der Waals surface area contributed by atoms with Crippen LogP contribution >= 0.6 is 0 Å². The summed E-state index contributed by atoms with van der Waals surface area (Å²) < 4.78 is 36.8. The van der Waals surface area contributed by atoms with Crippen LogP contribution in [0.2, 0.25) is 0 Å². The molecule has 1 heterocycles. The molecule has 2 aromatic rings. The highest BCUT2D eigenvalue weighted by atomic mass is 32.2. The minimum absolute atomic E-state index is 0.0668. The number of anilines is 1. The van der Waals surface area contributed by atoms with Gasteiger partial charge in [0.2, 0.25) is 0 Å². The van der Waals surface area contributed by atoms with Crippen molar-refractivity contribution in [1.82, 2.24) is 0 Å². The maximum Gasteiger partial charge on any atom is 0.258 e. The van der Waals surface area contributed by atoms with E-state index in [0.29, 0.717) is 23.4 Å². The Morgan fingerprint density at radius 3 is 2.54 bits per heavy atom. The van der Waals surface area contributed by atoms with Crippen molar-refractivity contribution in [3.63, 3.8) is 0 Å². The molecule has 1 aliphatic rings. The molecule has 0 spiro atoms. The second kappa shape index (κ2) is 6.36. The van der Waals surface area contributed by atoms with Crippen molar-refractivity contribution >= 4 is 21.4 Å². The van der Waals surface area contributed by atoms with Gasteiger partial charge < -0.3 is 4.90 Å². The third-order valence-electron chi connectivity index (χ3n) is 4.04. The number of nitrogens with zero attached hydrogens (tertiary/aromatic N) is 1. The first-order valence-electron chi connectivity index (χ1n) is 7.71. The Bertz CT molecular complexity index is 876. The zero-order valence-corrected chi connectivity index (χ0v) is 14.1. The Hall–Kier alpha value is -2.21. The molecule has 0 unspecified atom stereocenters. The van der Waals surface area contributed by atoms with Crippen LogP contribution in [-0.2, 0) is 22.0 Å². The normalized spacial score (nSPS) is 14.3.